The lowest BCUT2D eigenvalue weighted by Gasteiger charge is -2.60. The first kappa shape index (κ1) is 35.7. The van der Waals surface area contributed by atoms with Crippen LogP contribution in [0, 0.1) is 22.7 Å². The van der Waals surface area contributed by atoms with Crippen LogP contribution in [0.4, 0.5) is 0 Å². The van der Waals surface area contributed by atoms with Gasteiger partial charge in [0.1, 0.15) is 23.6 Å². The van der Waals surface area contributed by atoms with E-state index >= 15 is 0 Å². The van der Waals surface area contributed by atoms with Gasteiger partial charge >= 0.3 is 17.9 Å². The number of carbonyl (C=O) groups excluding carboxylic acids is 3. The lowest BCUT2D eigenvalue weighted by molar-refractivity contribution is -0.191. The number of ether oxygens (including phenoxy) is 5. The smallest absolute Gasteiger partial charge is 0.335 e. The number of nitrogens with zero attached hydrogens (tertiary/aromatic N) is 2. The van der Waals surface area contributed by atoms with Crippen LogP contribution < -0.4 is 9.47 Å². The molecule has 5 aliphatic rings. The van der Waals surface area contributed by atoms with Crippen LogP contribution in [0.25, 0.3) is 0 Å². The molecule has 2 saturated carbocycles. The van der Waals surface area contributed by atoms with Gasteiger partial charge in [-0.3, -0.25) is 14.5 Å². The van der Waals surface area contributed by atoms with Crippen molar-refractivity contribution in [3.63, 3.8) is 0 Å². The zero-order chi connectivity index (χ0) is 34.9. The molecule has 3 aliphatic heterocycles. The van der Waals surface area contributed by atoms with Gasteiger partial charge in [-0.25, -0.2) is 4.79 Å². The van der Waals surface area contributed by atoms with E-state index in [1.807, 2.05) is 12.1 Å². The monoisotopic (exact) mass is 712 g/mol. The van der Waals surface area contributed by atoms with E-state index in [1.165, 1.54) is 25.0 Å². The molecule has 1 saturated heterocycles. The Balaban J connectivity index is 1.16. The van der Waals surface area contributed by atoms with Crippen LogP contribution in [0.2, 0.25) is 0 Å². The van der Waals surface area contributed by atoms with Crippen LogP contribution in [0.3, 0.4) is 0 Å². The molecule has 0 radical (unpaired) electrons. The predicted octanol–water partition coefficient (Wildman–Crippen LogP) is 5.68. The number of thiocarbonyl (C=S) groups is 1. The van der Waals surface area contributed by atoms with Crippen molar-refractivity contribution >= 4 is 46.2 Å². The summed E-state index contributed by atoms with van der Waals surface area (Å²) in [6, 6.07) is 6.11. The van der Waals surface area contributed by atoms with Crippen molar-refractivity contribution in [3.05, 3.63) is 47.6 Å². The van der Waals surface area contributed by atoms with Crippen molar-refractivity contribution in [1.82, 2.24) is 9.80 Å². The van der Waals surface area contributed by atoms with E-state index in [0.29, 0.717) is 18.4 Å². The minimum atomic E-state index is -0.562. The van der Waals surface area contributed by atoms with Crippen molar-refractivity contribution in [2.45, 2.75) is 77.7 Å². The van der Waals surface area contributed by atoms with E-state index in [2.05, 4.69) is 42.4 Å². The first-order valence-electron chi connectivity index (χ1n) is 17.3. The summed E-state index contributed by atoms with van der Waals surface area (Å²) in [6.45, 7) is 16.7. The number of piperazine rings is 1. The molecule has 0 amide bonds. The Morgan fingerprint density at radius 1 is 1.08 bits per heavy atom. The molecule has 3 heterocycles. The molecular weight excluding hydrogens is 665 g/mol. The van der Waals surface area contributed by atoms with Gasteiger partial charge in [0.05, 0.1) is 5.57 Å². The fourth-order valence-electron chi connectivity index (χ4n) is 8.92. The summed E-state index contributed by atoms with van der Waals surface area (Å²) in [4.78, 5) is 41.9. The standard InChI is InChI=1S/C37H48N2O8S2/c1-23-6-9-32-36(4,12-10-33(47-25(3)41)37(32,5)21-44-24(2)40)28(23)19-31(27-11-17-43-34(27)42)49-35(48)39-15-13-38(14-16-39)20-26-7-8-29-30(18-26)46-22-45-29/h7-8,11,18,28,31-33H,1,6,9-10,12-17,19-22H2,2-5H3/t28-,31+,32+,33-,36+,37+/m1/s1. The number of hydrogen-bond acceptors (Lipinski definition) is 11. The number of rotatable bonds is 9. The Labute approximate surface area is 298 Å². The molecule has 3 fully saturated rings. The predicted molar refractivity (Wildman–Crippen MR) is 190 cm³/mol. The van der Waals surface area contributed by atoms with Gasteiger partial charge in [0.15, 0.2) is 11.5 Å². The molecule has 1 aromatic carbocycles. The Bertz CT molecular complexity index is 1520. The molecule has 6 rings (SSSR count). The Kier molecular flexibility index (Phi) is 10.7. The zero-order valence-corrected chi connectivity index (χ0v) is 30.6. The fraction of sp³-hybridized carbons (Fsp3) is 0.622. The third-order valence-electron chi connectivity index (χ3n) is 11.5. The summed E-state index contributed by atoms with van der Waals surface area (Å²) in [5.74, 6) is 0.810. The minimum Gasteiger partial charge on any atom is -0.465 e. The highest BCUT2D eigenvalue weighted by atomic mass is 32.2. The fourth-order valence-corrected chi connectivity index (χ4v) is 10.6. The van der Waals surface area contributed by atoms with E-state index in [4.69, 9.17) is 35.9 Å². The van der Waals surface area contributed by atoms with Crippen LogP contribution in [0.1, 0.15) is 65.4 Å². The Hall–Kier alpha value is -3.09. The second-order valence-corrected chi connectivity index (χ2v) is 16.4. The van der Waals surface area contributed by atoms with Crippen molar-refractivity contribution in [3.8, 4) is 11.5 Å². The van der Waals surface area contributed by atoms with Gasteiger partial charge in [-0.2, -0.15) is 0 Å². The molecule has 12 heteroatoms. The number of cyclic esters (lactones) is 1. The lowest BCUT2D eigenvalue weighted by Crippen LogP contribution is -2.59. The molecule has 0 unspecified atom stereocenters. The van der Waals surface area contributed by atoms with Gasteiger partial charge in [-0.15, -0.1) is 0 Å². The van der Waals surface area contributed by atoms with Crippen LogP contribution in [0.15, 0.2) is 42.0 Å². The Morgan fingerprint density at radius 3 is 2.53 bits per heavy atom. The molecule has 1 aromatic rings. The summed E-state index contributed by atoms with van der Waals surface area (Å²) in [5, 5.41) is -0.197. The highest BCUT2D eigenvalue weighted by molar-refractivity contribution is 8.23. The van der Waals surface area contributed by atoms with Crippen molar-refractivity contribution in [1.29, 1.82) is 0 Å². The number of esters is 3. The van der Waals surface area contributed by atoms with Crippen LogP contribution in [0.5, 0.6) is 11.5 Å². The molecule has 0 aromatic heterocycles. The van der Waals surface area contributed by atoms with Crippen molar-refractivity contribution in [2.75, 3.05) is 46.2 Å². The maximum absolute atomic E-state index is 13.0. The van der Waals surface area contributed by atoms with Crippen molar-refractivity contribution < 1.29 is 38.1 Å². The van der Waals surface area contributed by atoms with E-state index in [0.717, 1.165) is 67.8 Å². The largest absolute Gasteiger partial charge is 0.465 e. The van der Waals surface area contributed by atoms with Crippen LogP contribution >= 0.6 is 24.0 Å². The van der Waals surface area contributed by atoms with Gasteiger partial charge in [-0.1, -0.05) is 56.0 Å². The first-order valence-corrected chi connectivity index (χ1v) is 18.6. The second kappa shape index (κ2) is 14.6. The van der Waals surface area contributed by atoms with E-state index in [9.17, 15) is 14.4 Å². The first-order chi connectivity index (χ1) is 23.4. The zero-order valence-electron chi connectivity index (χ0n) is 29.0. The maximum atomic E-state index is 13.0. The maximum Gasteiger partial charge on any atom is 0.335 e. The van der Waals surface area contributed by atoms with Crippen molar-refractivity contribution in [2.24, 2.45) is 22.7 Å². The molecule has 6 atom stereocenters. The van der Waals surface area contributed by atoms with E-state index < -0.39 is 5.41 Å². The molecule has 0 bridgehead atoms. The van der Waals surface area contributed by atoms with Crippen LogP contribution in [-0.4, -0.2) is 89.6 Å². The average molecular weight is 713 g/mol. The molecule has 266 valence electrons. The van der Waals surface area contributed by atoms with Gasteiger partial charge in [0.2, 0.25) is 6.79 Å². The molecule has 49 heavy (non-hydrogen) atoms. The molecular formula is C37H48N2O8S2. The van der Waals surface area contributed by atoms with Gasteiger partial charge in [-0.05, 0) is 73.1 Å². The quantitative estimate of drug-likeness (QED) is 0.136. The van der Waals surface area contributed by atoms with Gasteiger partial charge < -0.3 is 28.6 Å². The number of thioether (sulfide) groups is 1. The highest BCUT2D eigenvalue weighted by Gasteiger charge is 2.60. The number of benzene rings is 1. The third-order valence-corrected chi connectivity index (χ3v) is 13.2. The van der Waals surface area contributed by atoms with Gasteiger partial charge in [0.25, 0.3) is 0 Å². The molecule has 2 aliphatic carbocycles. The summed E-state index contributed by atoms with van der Waals surface area (Å²) < 4.78 is 28.7. The summed E-state index contributed by atoms with van der Waals surface area (Å²) in [7, 11) is 0. The second-order valence-electron chi connectivity index (χ2n) is 14.5. The highest BCUT2D eigenvalue weighted by Crippen LogP contribution is 2.63. The third kappa shape index (κ3) is 7.51. The molecule has 0 N–H and O–H groups in total. The summed E-state index contributed by atoms with van der Waals surface area (Å²) in [5.41, 5.74) is 2.24. The minimum absolute atomic E-state index is 0.0781. The lowest BCUT2D eigenvalue weighted by atomic mass is 9.46. The Morgan fingerprint density at radius 2 is 1.84 bits per heavy atom. The SMILES string of the molecule is C=C1CC[C@@H]2[C@](C)(COC(C)=O)[C@H](OC(C)=O)CC[C@@]2(C)[C@@H]1C[C@H](SC(=S)N1CCN(Cc2ccc3c(c2)OCO3)CC1)C1=CCOC1=O. The normalized spacial score (nSPS) is 30.2. The summed E-state index contributed by atoms with van der Waals surface area (Å²) in [6.07, 6.45) is 5.38. The number of hydrogen-bond donors (Lipinski definition) is 0. The molecule has 10 nitrogen and oxygen atoms in total. The molecule has 0 spiro atoms. The average Bonchev–Trinajstić information content (AvgIpc) is 3.71. The number of allylic oxidation sites excluding steroid dienone is 1. The topological polar surface area (TPSA) is 104 Å². The number of carbonyl (C=O) groups is 3. The van der Waals surface area contributed by atoms with E-state index in [-0.39, 0.29) is 66.5 Å². The van der Waals surface area contributed by atoms with Gasteiger partial charge in [0, 0.05) is 57.2 Å². The summed E-state index contributed by atoms with van der Waals surface area (Å²) >= 11 is 7.67. The van der Waals surface area contributed by atoms with Crippen LogP contribution in [-0.2, 0) is 35.1 Å². The van der Waals surface area contributed by atoms with E-state index in [1.54, 1.807) is 11.8 Å². The number of fused-ring (bicyclic) bond motifs is 2.